The average Bonchev–Trinajstić information content (AvgIpc) is 3.22. The minimum Gasteiger partial charge on any atom is -0.462 e. The van der Waals surface area contributed by atoms with E-state index in [9.17, 15) is 20.4 Å². The third-order valence-corrected chi connectivity index (χ3v) is 5.18. The zero-order valence-electron chi connectivity index (χ0n) is 16.8. The Bertz CT molecular complexity index is 1010. The molecule has 0 unspecified atom stereocenters. The van der Waals surface area contributed by atoms with Crippen LogP contribution in [0.3, 0.4) is 0 Å². The molecular formula is C21H24N4O6. The van der Waals surface area contributed by atoms with Crippen molar-refractivity contribution in [3.8, 4) is 17.1 Å². The van der Waals surface area contributed by atoms with Crippen molar-refractivity contribution in [3.63, 3.8) is 0 Å². The molecule has 3 aromatic rings. The Morgan fingerprint density at radius 1 is 1.00 bits per heavy atom. The van der Waals surface area contributed by atoms with Gasteiger partial charge in [-0.15, -0.1) is 10.2 Å². The molecule has 10 heteroatoms. The van der Waals surface area contributed by atoms with Gasteiger partial charge >= 0.3 is 0 Å². The summed E-state index contributed by atoms with van der Waals surface area (Å²) in [5.41, 5.74) is 2.70. The second-order valence-corrected chi connectivity index (χ2v) is 7.40. The molecule has 4 N–H and O–H groups in total. The van der Waals surface area contributed by atoms with Crippen LogP contribution in [0.5, 0.6) is 5.75 Å². The number of rotatable bonds is 6. The van der Waals surface area contributed by atoms with Crippen LogP contribution in [0.25, 0.3) is 11.4 Å². The van der Waals surface area contributed by atoms with Gasteiger partial charge in [-0.1, -0.05) is 42.5 Å². The highest BCUT2D eigenvalue weighted by Gasteiger charge is 2.44. The number of hydrogen-bond donors (Lipinski definition) is 4. The Balaban J connectivity index is 1.50. The molecule has 164 valence electrons. The van der Waals surface area contributed by atoms with Crippen molar-refractivity contribution in [2.75, 3.05) is 6.61 Å². The molecule has 4 rings (SSSR count). The van der Waals surface area contributed by atoms with Gasteiger partial charge in [0, 0.05) is 12.0 Å². The van der Waals surface area contributed by atoms with Gasteiger partial charge in [0.05, 0.1) is 13.7 Å². The van der Waals surface area contributed by atoms with E-state index < -0.39 is 37.3 Å². The Morgan fingerprint density at radius 3 is 2.42 bits per heavy atom. The molecule has 0 radical (unpaired) electrons. The third kappa shape index (κ3) is 4.58. The van der Waals surface area contributed by atoms with Crippen LogP contribution in [0, 0.1) is 0 Å². The van der Waals surface area contributed by atoms with E-state index in [1.807, 2.05) is 36.4 Å². The summed E-state index contributed by atoms with van der Waals surface area (Å²) < 4.78 is 11.3. The minimum atomic E-state index is -1.50. The predicted octanol–water partition coefficient (Wildman–Crippen LogP) is -0.353. The number of para-hydroxylation sites is 1. The average molecular weight is 428 g/mol. The number of aliphatic hydroxyl groups is 4. The smallest absolute Gasteiger partial charge is 0.229 e. The summed E-state index contributed by atoms with van der Waals surface area (Å²) >= 11 is 0. The van der Waals surface area contributed by atoms with E-state index in [1.54, 1.807) is 19.2 Å². The quantitative estimate of drug-likeness (QED) is 0.414. The molecule has 1 saturated heterocycles. The molecule has 0 spiro atoms. The van der Waals surface area contributed by atoms with Crippen molar-refractivity contribution in [3.05, 3.63) is 59.7 Å². The summed E-state index contributed by atoms with van der Waals surface area (Å²) in [6.07, 6.45) is -6.12. The lowest BCUT2D eigenvalue weighted by atomic mass is 9.99. The summed E-state index contributed by atoms with van der Waals surface area (Å²) in [4.78, 5) is 1.40. The van der Waals surface area contributed by atoms with Gasteiger partial charge in [0.15, 0.2) is 0 Å². The van der Waals surface area contributed by atoms with Crippen LogP contribution in [0.2, 0.25) is 0 Å². The van der Waals surface area contributed by atoms with E-state index in [1.165, 1.54) is 4.80 Å². The van der Waals surface area contributed by atoms with E-state index >= 15 is 0 Å². The Labute approximate surface area is 178 Å². The normalized spacial score (nSPS) is 26.0. The van der Waals surface area contributed by atoms with Gasteiger partial charge in [-0.3, -0.25) is 0 Å². The fourth-order valence-electron chi connectivity index (χ4n) is 3.45. The molecule has 1 aliphatic heterocycles. The van der Waals surface area contributed by atoms with Crippen LogP contribution < -0.4 is 4.74 Å². The number of aromatic nitrogens is 4. The van der Waals surface area contributed by atoms with Crippen molar-refractivity contribution >= 4 is 0 Å². The van der Waals surface area contributed by atoms with Gasteiger partial charge in [-0.2, -0.15) is 4.80 Å². The second-order valence-electron chi connectivity index (χ2n) is 7.40. The maximum absolute atomic E-state index is 10.2. The number of aryl methyl sites for hydroxylation is 1. The molecular weight excluding hydrogens is 404 g/mol. The van der Waals surface area contributed by atoms with Crippen molar-refractivity contribution in [1.29, 1.82) is 0 Å². The van der Waals surface area contributed by atoms with E-state index in [0.29, 0.717) is 18.0 Å². The lowest BCUT2D eigenvalue weighted by Gasteiger charge is -2.39. The first-order chi connectivity index (χ1) is 15.0. The Kier molecular flexibility index (Phi) is 6.25. The zero-order valence-corrected chi connectivity index (χ0v) is 16.8. The molecule has 0 saturated carbocycles. The Hall–Kier alpha value is -2.89. The number of tetrazole rings is 1. The molecule has 1 fully saturated rings. The van der Waals surface area contributed by atoms with Crippen LogP contribution in [-0.4, -0.2) is 77.9 Å². The predicted molar refractivity (Wildman–Crippen MR) is 108 cm³/mol. The Morgan fingerprint density at radius 2 is 1.74 bits per heavy atom. The number of nitrogens with zero attached hydrogens (tertiary/aromatic N) is 4. The van der Waals surface area contributed by atoms with Gasteiger partial charge < -0.3 is 29.9 Å². The molecule has 2 aromatic carbocycles. The number of aliphatic hydroxyl groups excluding tert-OH is 4. The van der Waals surface area contributed by atoms with Gasteiger partial charge in [-0.05, 0) is 22.4 Å². The SMILES string of the molecule is Cn1nnc(-c2ccc(Cc3ccccc3O[C@@H]3O[C@H](CO)[C@@H](O)[C@H](O)[C@H]3O)cc2)n1. The first-order valence-electron chi connectivity index (χ1n) is 9.84. The van der Waals surface area contributed by atoms with Gasteiger partial charge in [0.25, 0.3) is 0 Å². The van der Waals surface area contributed by atoms with Crippen molar-refractivity contribution in [2.45, 2.75) is 37.1 Å². The minimum absolute atomic E-state index is 0.464. The molecule has 0 bridgehead atoms. The monoisotopic (exact) mass is 428 g/mol. The van der Waals surface area contributed by atoms with Crippen LogP contribution in [0.15, 0.2) is 48.5 Å². The second kappa shape index (κ2) is 9.08. The van der Waals surface area contributed by atoms with E-state index in [0.717, 1.165) is 16.7 Å². The summed E-state index contributed by atoms with van der Waals surface area (Å²) in [5.74, 6) is 1.01. The standard InChI is InChI=1S/C21H24N4O6/c1-25-23-20(22-24-25)13-8-6-12(7-9-13)10-14-4-2-3-5-15(14)30-21-19(29)18(28)17(27)16(11-26)31-21/h2-9,16-19,21,26-29H,10-11H2,1H3/t16-,17-,18+,19-,21-/m1/s1. The number of benzene rings is 2. The molecule has 1 aromatic heterocycles. The lowest BCUT2D eigenvalue weighted by Crippen LogP contribution is -2.60. The highest BCUT2D eigenvalue weighted by Crippen LogP contribution is 2.28. The molecule has 2 heterocycles. The van der Waals surface area contributed by atoms with Crippen molar-refractivity contribution in [2.24, 2.45) is 7.05 Å². The highest BCUT2D eigenvalue weighted by molar-refractivity contribution is 5.54. The largest absolute Gasteiger partial charge is 0.462 e. The van der Waals surface area contributed by atoms with Gasteiger partial charge in [0.1, 0.15) is 30.2 Å². The fraction of sp³-hybridized carbons (Fsp3) is 0.381. The van der Waals surface area contributed by atoms with Crippen LogP contribution >= 0.6 is 0 Å². The van der Waals surface area contributed by atoms with Crippen molar-refractivity contribution < 1.29 is 29.9 Å². The topological polar surface area (TPSA) is 143 Å². The van der Waals surface area contributed by atoms with Gasteiger partial charge in [0.2, 0.25) is 12.1 Å². The maximum Gasteiger partial charge on any atom is 0.229 e. The summed E-state index contributed by atoms with van der Waals surface area (Å²) in [6, 6.07) is 15.0. The van der Waals surface area contributed by atoms with E-state index in [2.05, 4.69) is 15.4 Å². The van der Waals surface area contributed by atoms with Crippen LogP contribution in [0.4, 0.5) is 0 Å². The molecule has 10 nitrogen and oxygen atoms in total. The van der Waals surface area contributed by atoms with E-state index in [4.69, 9.17) is 9.47 Å². The molecule has 0 aliphatic carbocycles. The zero-order chi connectivity index (χ0) is 22.0. The van der Waals surface area contributed by atoms with Crippen LogP contribution in [0.1, 0.15) is 11.1 Å². The summed E-state index contributed by atoms with van der Waals surface area (Å²) in [6.45, 7) is -0.514. The summed E-state index contributed by atoms with van der Waals surface area (Å²) in [7, 11) is 1.71. The molecule has 0 amide bonds. The maximum atomic E-state index is 10.2. The number of ether oxygens (including phenoxy) is 2. The van der Waals surface area contributed by atoms with E-state index in [-0.39, 0.29) is 0 Å². The fourth-order valence-corrected chi connectivity index (χ4v) is 3.45. The van der Waals surface area contributed by atoms with Gasteiger partial charge in [-0.25, -0.2) is 0 Å². The first-order valence-corrected chi connectivity index (χ1v) is 9.84. The number of hydrogen-bond acceptors (Lipinski definition) is 9. The molecule has 31 heavy (non-hydrogen) atoms. The molecule has 1 aliphatic rings. The van der Waals surface area contributed by atoms with Crippen LogP contribution in [-0.2, 0) is 18.2 Å². The first kappa shape index (κ1) is 21.3. The van der Waals surface area contributed by atoms with Crippen molar-refractivity contribution in [1.82, 2.24) is 20.2 Å². The molecule has 5 atom stereocenters. The summed E-state index contributed by atoms with van der Waals surface area (Å²) in [5, 5.41) is 51.5. The lowest BCUT2D eigenvalue weighted by molar-refractivity contribution is -0.277. The third-order valence-electron chi connectivity index (χ3n) is 5.18. The highest BCUT2D eigenvalue weighted by atomic mass is 16.7.